The molecule has 0 saturated heterocycles. The van der Waals surface area contributed by atoms with Gasteiger partial charge in [0, 0.05) is 18.3 Å². The van der Waals surface area contributed by atoms with Gasteiger partial charge in [0.1, 0.15) is 11.9 Å². The molecule has 0 bridgehead atoms. The van der Waals surface area contributed by atoms with Gasteiger partial charge in [-0.25, -0.2) is 9.18 Å². The maximum Gasteiger partial charge on any atom is 0.323 e. The first-order valence-electron chi connectivity index (χ1n) is 6.63. The van der Waals surface area contributed by atoms with Crippen molar-refractivity contribution >= 4 is 29.0 Å². The van der Waals surface area contributed by atoms with E-state index in [-0.39, 0.29) is 17.2 Å². The fourth-order valence-corrected chi connectivity index (χ4v) is 1.84. The maximum atomic E-state index is 13.0. The summed E-state index contributed by atoms with van der Waals surface area (Å²) in [5.74, 6) is -0.745. The van der Waals surface area contributed by atoms with E-state index in [0.29, 0.717) is 11.4 Å². The quantitative estimate of drug-likeness (QED) is 0.811. The molecule has 2 rings (SSSR count). The Bertz CT molecular complexity index is 782. The van der Waals surface area contributed by atoms with Crippen molar-refractivity contribution in [3.63, 3.8) is 0 Å². The van der Waals surface area contributed by atoms with E-state index in [1.54, 1.807) is 24.3 Å². The number of carbonyl (C=O) groups excluding carboxylic acids is 2. The molecule has 0 unspecified atom stereocenters. The molecule has 0 aliphatic rings. The second-order valence-corrected chi connectivity index (χ2v) is 4.64. The maximum absolute atomic E-state index is 13.0. The van der Waals surface area contributed by atoms with E-state index < -0.39 is 11.8 Å². The van der Waals surface area contributed by atoms with Crippen LogP contribution in [0.15, 0.2) is 42.5 Å². The monoisotopic (exact) mass is 312 g/mol. The number of anilines is 3. The molecule has 0 heterocycles. The van der Waals surface area contributed by atoms with E-state index in [1.165, 1.54) is 13.0 Å². The van der Waals surface area contributed by atoms with Crippen LogP contribution in [0.25, 0.3) is 0 Å². The van der Waals surface area contributed by atoms with Crippen LogP contribution in [0.5, 0.6) is 0 Å². The molecule has 0 radical (unpaired) electrons. The number of rotatable bonds is 3. The normalized spacial score (nSPS) is 9.61. The van der Waals surface area contributed by atoms with E-state index in [4.69, 9.17) is 5.26 Å². The summed E-state index contributed by atoms with van der Waals surface area (Å²) in [6.45, 7) is 1.40. The SMILES string of the molecule is CC(=O)Nc1ccc(NC(=O)Nc2ccc(F)cc2C#N)cc1. The van der Waals surface area contributed by atoms with Gasteiger partial charge in [-0.1, -0.05) is 0 Å². The number of nitrogens with one attached hydrogen (secondary N) is 3. The molecule has 0 aromatic heterocycles. The number of urea groups is 1. The molecule has 2 aromatic rings. The molecule has 0 spiro atoms. The van der Waals surface area contributed by atoms with Gasteiger partial charge in [0.25, 0.3) is 0 Å². The Hall–Kier alpha value is -3.40. The Morgan fingerprint density at radius 1 is 1.00 bits per heavy atom. The third-order valence-corrected chi connectivity index (χ3v) is 2.81. The molecule has 116 valence electrons. The third kappa shape index (κ3) is 4.54. The third-order valence-electron chi connectivity index (χ3n) is 2.81. The molecule has 0 atom stereocenters. The highest BCUT2D eigenvalue weighted by Gasteiger charge is 2.08. The predicted octanol–water partition coefficient (Wildman–Crippen LogP) is 3.30. The van der Waals surface area contributed by atoms with Crippen molar-refractivity contribution in [1.29, 1.82) is 5.26 Å². The minimum atomic E-state index is -0.569. The number of hydrogen-bond acceptors (Lipinski definition) is 3. The van der Waals surface area contributed by atoms with Gasteiger partial charge < -0.3 is 16.0 Å². The average molecular weight is 312 g/mol. The highest BCUT2D eigenvalue weighted by atomic mass is 19.1. The van der Waals surface area contributed by atoms with Crippen LogP contribution < -0.4 is 16.0 Å². The molecule has 3 N–H and O–H groups in total. The van der Waals surface area contributed by atoms with Crippen LogP contribution in [0.2, 0.25) is 0 Å². The number of nitrogens with zero attached hydrogens (tertiary/aromatic N) is 1. The van der Waals surface area contributed by atoms with Crippen LogP contribution in [-0.2, 0) is 4.79 Å². The number of hydrogen-bond donors (Lipinski definition) is 3. The van der Waals surface area contributed by atoms with Crippen molar-refractivity contribution in [3.05, 3.63) is 53.8 Å². The molecule has 7 heteroatoms. The highest BCUT2D eigenvalue weighted by Crippen LogP contribution is 2.17. The van der Waals surface area contributed by atoms with Crippen molar-refractivity contribution in [2.75, 3.05) is 16.0 Å². The Balaban J connectivity index is 2.02. The molecule has 3 amide bonds. The Morgan fingerprint density at radius 2 is 1.61 bits per heavy atom. The van der Waals surface area contributed by atoms with E-state index >= 15 is 0 Å². The Kier molecular flexibility index (Phi) is 4.89. The van der Waals surface area contributed by atoms with Crippen molar-refractivity contribution in [3.8, 4) is 6.07 Å². The smallest absolute Gasteiger partial charge is 0.323 e. The highest BCUT2D eigenvalue weighted by molar-refractivity contribution is 6.00. The second-order valence-electron chi connectivity index (χ2n) is 4.64. The lowest BCUT2D eigenvalue weighted by molar-refractivity contribution is -0.114. The lowest BCUT2D eigenvalue weighted by Gasteiger charge is -2.09. The zero-order chi connectivity index (χ0) is 16.8. The Labute approximate surface area is 131 Å². The first-order valence-corrected chi connectivity index (χ1v) is 6.63. The summed E-state index contributed by atoms with van der Waals surface area (Å²) < 4.78 is 13.0. The summed E-state index contributed by atoms with van der Waals surface area (Å²) in [4.78, 5) is 22.8. The van der Waals surface area contributed by atoms with Gasteiger partial charge in [-0.2, -0.15) is 5.26 Å². The fourth-order valence-electron chi connectivity index (χ4n) is 1.84. The summed E-state index contributed by atoms with van der Waals surface area (Å²) >= 11 is 0. The minimum Gasteiger partial charge on any atom is -0.326 e. The molecular weight excluding hydrogens is 299 g/mol. The molecule has 23 heavy (non-hydrogen) atoms. The van der Waals surface area contributed by atoms with E-state index in [0.717, 1.165) is 12.1 Å². The van der Waals surface area contributed by atoms with Gasteiger partial charge in [-0.05, 0) is 42.5 Å². The van der Waals surface area contributed by atoms with Crippen LogP contribution in [0.4, 0.5) is 26.2 Å². The molecule has 0 saturated carbocycles. The van der Waals surface area contributed by atoms with Crippen LogP contribution in [0, 0.1) is 17.1 Å². The summed E-state index contributed by atoms with van der Waals surface area (Å²) in [6.07, 6.45) is 0. The summed E-state index contributed by atoms with van der Waals surface area (Å²) in [7, 11) is 0. The second kappa shape index (κ2) is 7.04. The minimum absolute atomic E-state index is 0.0288. The molecular formula is C16H13FN4O2. The average Bonchev–Trinajstić information content (AvgIpc) is 2.50. The van der Waals surface area contributed by atoms with Gasteiger partial charge in [0.2, 0.25) is 5.91 Å². The molecule has 2 aromatic carbocycles. The first-order chi connectivity index (χ1) is 11.0. The lowest BCUT2D eigenvalue weighted by Crippen LogP contribution is -2.20. The summed E-state index contributed by atoms with van der Waals surface area (Å²) in [6, 6.07) is 11.2. The van der Waals surface area contributed by atoms with Crippen molar-refractivity contribution < 1.29 is 14.0 Å². The predicted molar refractivity (Wildman–Crippen MR) is 84.5 cm³/mol. The lowest BCUT2D eigenvalue weighted by atomic mass is 10.2. The van der Waals surface area contributed by atoms with E-state index in [1.807, 2.05) is 6.07 Å². The van der Waals surface area contributed by atoms with Crippen molar-refractivity contribution in [2.45, 2.75) is 6.92 Å². The largest absolute Gasteiger partial charge is 0.326 e. The first kappa shape index (κ1) is 16.0. The molecule has 6 nitrogen and oxygen atoms in total. The summed E-state index contributed by atoms with van der Waals surface area (Å²) in [5, 5.41) is 16.6. The van der Waals surface area contributed by atoms with Crippen LogP contribution in [0.3, 0.4) is 0 Å². The van der Waals surface area contributed by atoms with Crippen molar-refractivity contribution in [1.82, 2.24) is 0 Å². The van der Waals surface area contributed by atoms with Crippen LogP contribution >= 0.6 is 0 Å². The Morgan fingerprint density at radius 3 is 2.17 bits per heavy atom. The van der Waals surface area contributed by atoms with Gasteiger partial charge >= 0.3 is 6.03 Å². The number of halogens is 1. The molecule has 0 aliphatic carbocycles. The molecule has 0 aliphatic heterocycles. The summed E-state index contributed by atoms with van der Waals surface area (Å²) in [5.41, 5.74) is 1.34. The van der Waals surface area contributed by atoms with Gasteiger partial charge in [-0.3, -0.25) is 4.79 Å². The fraction of sp³-hybridized carbons (Fsp3) is 0.0625. The standard InChI is InChI=1S/C16H13FN4O2/c1-10(22)19-13-3-5-14(6-4-13)20-16(23)21-15-7-2-12(17)8-11(15)9-18/h2-8H,1H3,(H,19,22)(H2,20,21,23). The number of carbonyl (C=O) groups is 2. The van der Waals surface area contributed by atoms with Gasteiger partial charge in [0.05, 0.1) is 11.3 Å². The topological polar surface area (TPSA) is 94.0 Å². The van der Waals surface area contributed by atoms with Crippen molar-refractivity contribution in [2.24, 2.45) is 0 Å². The van der Waals surface area contributed by atoms with Gasteiger partial charge in [-0.15, -0.1) is 0 Å². The number of benzene rings is 2. The number of nitriles is 1. The van der Waals surface area contributed by atoms with E-state index in [9.17, 15) is 14.0 Å². The van der Waals surface area contributed by atoms with Crippen LogP contribution in [0.1, 0.15) is 12.5 Å². The number of amides is 3. The van der Waals surface area contributed by atoms with E-state index in [2.05, 4.69) is 16.0 Å². The zero-order valence-corrected chi connectivity index (χ0v) is 12.2. The zero-order valence-electron chi connectivity index (χ0n) is 12.2. The van der Waals surface area contributed by atoms with Gasteiger partial charge in [0.15, 0.2) is 0 Å². The molecule has 0 fully saturated rings. The van der Waals surface area contributed by atoms with Crippen LogP contribution in [-0.4, -0.2) is 11.9 Å².